The van der Waals surface area contributed by atoms with Crippen LogP contribution >= 0.6 is 0 Å². The van der Waals surface area contributed by atoms with E-state index in [1.165, 1.54) is 41.3 Å². The minimum absolute atomic E-state index is 0.00914. The Labute approximate surface area is 191 Å². The van der Waals surface area contributed by atoms with Gasteiger partial charge < -0.3 is 5.32 Å². The zero-order valence-electron chi connectivity index (χ0n) is 18.0. The number of carbonyl (C=O) groups excluding carboxylic acids is 1. The molecule has 1 atom stereocenters. The number of hydrogen-bond acceptors (Lipinski definition) is 5. The molecule has 0 aliphatic heterocycles. The third-order valence-corrected chi connectivity index (χ3v) is 5.03. The van der Waals surface area contributed by atoms with Crippen molar-refractivity contribution in [3.63, 3.8) is 0 Å². The number of halogens is 4. The van der Waals surface area contributed by atoms with E-state index in [1.54, 1.807) is 26.2 Å². The Morgan fingerprint density at radius 1 is 1.06 bits per heavy atom. The first-order valence-electron chi connectivity index (χ1n) is 10.1. The quantitative estimate of drug-likeness (QED) is 0.341. The summed E-state index contributed by atoms with van der Waals surface area (Å²) in [6.07, 6.45) is -0.0221. The fraction of sp³-hybridized carbons (Fsp3) is 0.174. The normalized spacial score (nSPS) is 12.4. The van der Waals surface area contributed by atoms with Gasteiger partial charge in [-0.25, -0.2) is 15.0 Å². The van der Waals surface area contributed by atoms with E-state index in [0.717, 1.165) is 12.1 Å². The smallest absolute Gasteiger partial charge is 0.344 e. The summed E-state index contributed by atoms with van der Waals surface area (Å²) >= 11 is 0. The Morgan fingerprint density at radius 2 is 1.79 bits per heavy atom. The lowest BCUT2D eigenvalue weighted by atomic mass is 10.1. The molecule has 3 aromatic heterocycles. The van der Waals surface area contributed by atoms with Crippen molar-refractivity contribution in [2.75, 3.05) is 0 Å². The molecule has 11 heteroatoms. The lowest BCUT2D eigenvalue weighted by molar-refractivity contribution is -0.137. The average molecular weight is 470 g/mol. The van der Waals surface area contributed by atoms with E-state index >= 15 is 0 Å². The maximum absolute atomic E-state index is 13.5. The summed E-state index contributed by atoms with van der Waals surface area (Å²) in [5, 5.41) is 6.81. The van der Waals surface area contributed by atoms with Crippen LogP contribution in [0.3, 0.4) is 0 Å². The maximum atomic E-state index is 13.5. The highest BCUT2D eigenvalue weighted by atomic mass is 19.4. The first-order valence-corrected chi connectivity index (χ1v) is 10.1. The molecule has 0 saturated carbocycles. The zero-order chi connectivity index (χ0) is 24.5. The Morgan fingerprint density at radius 3 is 2.41 bits per heavy atom. The second-order valence-electron chi connectivity index (χ2n) is 7.55. The molecule has 1 unspecified atom stereocenters. The lowest BCUT2D eigenvalue weighted by Gasteiger charge is -2.15. The van der Waals surface area contributed by atoms with Crippen molar-refractivity contribution in [1.82, 2.24) is 30.0 Å². The number of rotatable bonds is 5. The van der Waals surface area contributed by atoms with E-state index < -0.39 is 29.6 Å². The van der Waals surface area contributed by atoms with Crippen LogP contribution < -0.4 is 5.32 Å². The number of aromatic nitrogens is 5. The molecule has 174 valence electrons. The van der Waals surface area contributed by atoms with Crippen molar-refractivity contribution in [2.45, 2.75) is 19.1 Å². The zero-order valence-corrected chi connectivity index (χ0v) is 18.0. The fourth-order valence-corrected chi connectivity index (χ4v) is 3.25. The van der Waals surface area contributed by atoms with E-state index in [1.807, 2.05) is 0 Å². The monoisotopic (exact) mass is 470 g/mol. The molecule has 0 spiro atoms. The molecule has 3 heterocycles. The standard InChI is InChI=1S/C23H18F4N6O/c1-13(15-7-8-28-20(24)9-15)30-22(34)19-10-18(14-3-5-17(6-4-14)23(25,26)27)31-21(32-19)16-11-29-33(2)12-16/h3-13H,1-2H3,(H,30,34). The summed E-state index contributed by atoms with van der Waals surface area (Å²) in [5.41, 5.74) is 0.855. The third kappa shape index (κ3) is 5.08. The van der Waals surface area contributed by atoms with Crippen LogP contribution in [0.5, 0.6) is 0 Å². The number of nitrogens with one attached hydrogen (secondary N) is 1. The highest BCUT2D eigenvalue weighted by Crippen LogP contribution is 2.31. The van der Waals surface area contributed by atoms with Crippen molar-refractivity contribution >= 4 is 5.91 Å². The number of pyridine rings is 1. The van der Waals surface area contributed by atoms with Gasteiger partial charge in [0.25, 0.3) is 5.91 Å². The first kappa shape index (κ1) is 23.0. The van der Waals surface area contributed by atoms with Gasteiger partial charge in [-0.1, -0.05) is 12.1 Å². The molecule has 34 heavy (non-hydrogen) atoms. The minimum atomic E-state index is -4.47. The largest absolute Gasteiger partial charge is 0.416 e. The van der Waals surface area contributed by atoms with Crippen molar-refractivity contribution < 1.29 is 22.4 Å². The second-order valence-corrected chi connectivity index (χ2v) is 7.55. The molecule has 0 aliphatic carbocycles. The number of alkyl halides is 3. The molecule has 4 aromatic rings. The van der Waals surface area contributed by atoms with Gasteiger partial charge >= 0.3 is 6.18 Å². The Hall–Kier alpha value is -4.15. The van der Waals surface area contributed by atoms with Gasteiger partial charge in [-0.05, 0) is 42.8 Å². The van der Waals surface area contributed by atoms with Gasteiger partial charge in [0, 0.05) is 25.0 Å². The van der Waals surface area contributed by atoms with Crippen LogP contribution in [-0.2, 0) is 13.2 Å². The topological polar surface area (TPSA) is 85.6 Å². The molecule has 1 aromatic carbocycles. The number of nitrogens with zero attached hydrogens (tertiary/aromatic N) is 5. The SMILES string of the molecule is CC(NC(=O)c1cc(-c2ccc(C(F)(F)F)cc2)nc(-c2cnn(C)c2)n1)c1ccnc(F)c1. The molecule has 7 nitrogen and oxygen atoms in total. The third-order valence-electron chi connectivity index (χ3n) is 5.03. The van der Waals surface area contributed by atoms with Gasteiger partial charge in [-0.3, -0.25) is 9.48 Å². The molecule has 0 radical (unpaired) electrons. The molecule has 0 aliphatic rings. The summed E-state index contributed by atoms with van der Waals surface area (Å²) in [7, 11) is 1.70. The van der Waals surface area contributed by atoms with Crippen LogP contribution in [-0.4, -0.2) is 30.6 Å². The van der Waals surface area contributed by atoms with Crippen LogP contribution in [0.4, 0.5) is 17.6 Å². The first-order chi connectivity index (χ1) is 16.1. The fourth-order valence-electron chi connectivity index (χ4n) is 3.25. The van der Waals surface area contributed by atoms with Crippen LogP contribution in [0.1, 0.15) is 34.6 Å². The Bertz CT molecular complexity index is 1330. The summed E-state index contributed by atoms with van der Waals surface area (Å²) in [6.45, 7) is 1.67. The number of carbonyl (C=O) groups is 1. The van der Waals surface area contributed by atoms with Gasteiger partial charge in [0.05, 0.1) is 29.1 Å². The Kier molecular flexibility index (Phi) is 6.10. The molecule has 0 fully saturated rings. The average Bonchev–Trinajstić information content (AvgIpc) is 3.24. The molecular formula is C23H18F4N6O. The predicted molar refractivity (Wildman–Crippen MR) is 115 cm³/mol. The van der Waals surface area contributed by atoms with E-state index in [4.69, 9.17) is 0 Å². The van der Waals surface area contributed by atoms with Crippen LogP contribution in [0, 0.1) is 5.95 Å². The van der Waals surface area contributed by atoms with E-state index in [2.05, 4.69) is 25.4 Å². The molecule has 1 N–H and O–H groups in total. The summed E-state index contributed by atoms with van der Waals surface area (Å²) < 4.78 is 53.8. The van der Waals surface area contributed by atoms with Crippen LogP contribution in [0.2, 0.25) is 0 Å². The molecular weight excluding hydrogens is 452 g/mol. The predicted octanol–water partition coefficient (Wildman–Crippen LogP) is 4.59. The van der Waals surface area contributed by atoms with Crippen LogP contribution in [0.15, 0.2) is 61.1 Å². The highest BCUT2D eigenvalue weighted by Gasteiger charge is 2.30. The number of hydrogen-bond donors (Lipinski definition) is 1. The lowest BCUT2D eigenvalue weighted by Crippen LogP contribution is -2.28. The molecule has 4 rings (SSSR count). The van der Waals surface area contributed by atoms with Crippen molar-refractivity contribution in [3.8, 4) is 22.6 Å². The number of aryl methyl sites for hydroxylation is 1. The van der Waals surface area contributed by atoms with Gasteiger partial charge in [-0.15, -0.1) is 0 Å². The van der Waals surface area contributed by atoms with Crippen molar-refractivity contribution in [1.29, 1.82) is 0 Å². The van der Waals surface area contributed by atoms with Crippen molar-refractivity contribution in [2.24, 2.45) is 7.05 Å². The molecule has 1 amide bonds. The Balaban J connectivity index is 1.71. The molecule has 0 saturated heterocycles. The van der Waals surface area contributed by atoms with Gasteiger partial charge in [0.1, 0.15) is 5.69 Å². The minimum Gasteiger partial charge on any atom is -0.344 e. The van der Waals surface area contributed by atoms with Crippen molar-refractivity contribution in [3.05, 3.63) is 83.8 Å². The second kappa shape index (κ2) is 9.00. The summed E-state index contributed by atoms with van der Waals surface area (Å²) in [6, 6.07) is 8.06. The summed E-state index contributed by atoms with van der Waals surface area (Å²) in [5.74, 6) is -1.06. The van der Waals surface area contributed by atoms with E-state index in [0.29, 0.717) is 16.7 Å². The number of benzene rings is 1. The highest BCUT2D eigenvalue weighted by molar-refractivity contribution is 5.94. The molecule has 0 bridgehead atoms. The van der Waals surface area contributed by atoms with Gasteiger partial charge in [0.15, 0.2) is 5.82 Å². The van der Waals surface area contributed by atoms with Gasteiger partial charge in [-0.2, -0.15) is 22.7 Å². The van der Waals surface area contributed by atoms with E-state index in [-0.39, 0.29) is 17.2 Å². The van der Waals surface area contributed by atoms with Crippen LogP contribution in [0.25, 0.3) is 22.6 Å². The van der Waals surface area contributed by atoms with Gasteiger partial charge in [0.2, 0.25) is 5.95 Å². The van der Waals surface area contributed by atoms with E-state index in [9.17, 15) is 22.4 Å². The number of amides is 1. The maximum Gasteiger partial charge on any atom is 0.416 e. The summed E-state index contributed by atoms with van der Waals surface area (Å²) in [4.78, 5) is 25.2.